The van der Waals surface area contributed by atoms with Crippen LogP contribution in [0.15, 0.2) is 59.5 Å². The first-order valence-electron chi connectivity index (χ1n) is 9.77. The summed E-state index contributed by atoms with van der Waals surface area (Å²) in [6, 6.07) is 13.4. The minimum absolute atomic E-state index is 0.00799. The first-order valence-corrected chi connectivity index (χ1v) is 11.6. The minimum atomic E-state index is -3.75. The third-order valence-electron chi connectivity index (χ3n) is 5.11. The number of para-hydroxylation sites is 1. The molecule has 154 valence electrons. The third-order valence-corrected chi connectivity index (χ3v) is 6.82. The first kappa shape index (κ1) is 21.4. The molecule has 1 N–H and O–H groups in total. The molecule has 1 aliphatic rings. The summed E-state index contributed by atoms with van der Waals surface area (Å²) < 4.78 is 27.6. The summed E-state index contributed by atoms with van der Waals surface area (Å²) in [6.07, 6.45) is 7.53. The van der Waals surface area contributed by atoms with Crippen LogP contribution in [0, 0.1) is 0 Å². The molecule has 0 radical (unpaired) electrons. The number of halogens is 1. The number of hydrogen-bond donors (Lipinski definition) is 1. The van der Waals surface area contributed by atoms with Crippen molar-refractivity contribution in [1.29, 1.82) is 0 Å². The molecular formula is C22H25ClN2O3S. The molecular weight excluding hydrogens is 408 g/mol. The second kappa shape index (κ2) is 9.46. The van der Waals surface area contributed by atoms with Gasteiger partial charge in [0.25, 0.3) is 10.0 Å². The number of carbonyl (C=O) groups excluding carboxylic acids is 1. The number of nitrogens with zero attached hydrogens (tertiary/aromatic N) is 1. The molecule has 7 heteroatoms. The van der Waals surface area contributed by atoms with Crippen molar-refractivity contribution in [3.05, 3.63) is 65.2 Å². The quantitative estimate of drug-likeness (QED) is 0.657. The standard InChI is InChI=1S/C22H25ClN2O3S/c1-2-18-7-5-6-16-25(18)22(26)15-12-17-10-13-19(14-11-17)29(27,28)24-21-9-4-3-8-20(21)23/h3-4,8-15,18,24H,2,5-7,16H2,1H3/b15-12+. The Hall–Kier alpha value is -2.31. The average Bonchev–Trinajstić information content (AvgIpc) is 2.74. The summed E-state index contributed by atoms with van der Waals surface area (Å²) in [7, 11) is -3.75. The van der Waals surface area contributed by atoms with Gasteiger partial charge in [0.1, 0.15) is 0 Å². The van der Waals surface area contributed by atoms with E-state index in [1.54, 1.807) is 48.6 Å². The van der Waals surface area contributed by atoms with Crippen molar-refractivity contribution >= 4 is 39.3 Å². The number of sulfonamides is 1. The number of amides is 1. The van der Waals surface area contributed by atoms with E-state index in [0.717, 1.165) is 31.4 Å². The van der Waals surface area contributed by atoms with E-state index in [9.17, 15) is 13.2 Å². The van der Waals surface area contributed by atoms with Gasteiger partial charge in [-0.25, -0.2) is 8.42 Å². The van der Waals surface area contributed by atoms with Gasteiger partial charge in [-0.05, 0) is 61.6 Å². The van der Waals surface area contributed by atoms with Crippen molar-refractivity contribution in [1.82, 2.24) is 4.90 Å². The zero-order chi connectivity index (χ0) is 20.9. The van der Waals surface area contributed by atoms with E-state index in [0.29, 0.717) is 16.8 Å². The van der Waals surface area contributed by atoms with Crippen LogP contribution in [0.25, 0.3) is 6.08 Å². The molecule has 0 aliphatic carbocycles. The lowest BCUT2D eigenvalue weighted by Gasteiger charge is -2.34. The molecule has 3 rings (SSSR count). The molecule has 1 fully saturated rings. The molecule has 1 aliphatic heterocycles. The highest BCUT2D eigenvalue weighted by molar-refractivity contribution is 7.92. The lowest BCUT2D eigenvalue weighted by atomic mass is 10.00. The van der Waals surface area contributed by atoms with Crippen molar-refractivity contribution in [3.8, 4) is 0 Å². The summed E-state index contributed by atoms with van der Waals surface area (Å²) >= 11 is 6.03. The fourth-order valence-electron chi connectivity index (χ4n) is 3.48. The highest BCUT2D eigenvalue weighted by Gasteiger charge is 2.23. The summed E-state index contributed by atoms with van der Waals surface area (Å²) in [5.74, 6) is 0.00799. The van der Waals surface area contributed by atoms with Crippen LogP contribution < -0.4 is 4.72 Å². The highest BCUT2D eigenvalue weighted by atomic mass is 35.5. The third kappa shape index (κ3) is 5.40. The number of piperidine rings is 1. The predicted molar refractivity (Wildman–Crippen MR) is 117 cm³/mol. The number of carbonyl (C=O) groups is 1. The van der Waals surface area contributed by atoms with Crippen LogP contribution in [0.2, 0.25) is 5.02 Å². The lowest BCUT2D eigenvalue weighted by Crippen LogP contribution is -2.42. The van der Waals surface area contributed by atoms with Gasteiger partial charge in [-0.15, -0.1) is 0 Å². The molecule has 2 aromatic rings. The van der Waals surface area contributed by atoms with Crippen LogP contribution in [0.4, 0.5) is 5.69 Å². The van der Waals surface area contributed by atoms with E-state index >= 15 is 0 Å². The Morgan fingerprint density at radius 2 is 1.90 bits per heavy atom. The predicted octanol–water partition coefficient (Wildman–Crippen LogP) is 4.95. The van der Waals surface area contributed by atoms with Crippen molar-refractivity contribution in [2.24, 2.45) is 0 Å². The van der Waals surface area contributed by atoms with Gasteiger partial charge >= 0.3 is 0 Å². The molecule has 0 spiro atoms. The van der Waals surface area contributed by atoms with Gasteiger partial charge < -0.3 is 4.90 Å². The van der Waals surface area contributed by atoms with Gasteiger partial charge in [0.05, 0.1) is 15.6 Å². The Balaban J connectivity index is 1.69. The largest absolute Gasteiger partial charge is 0.336 e. The van der Waals surface area contributed by atoms with Crippen molar-refractivity contribution in [2.75, 3.05) is 11.3 Å². The molecule has 2 aromatic carbocycles. The Labute approximate surface area is 177 Å². The SMILES string of the molecule is CCC1CCCCN1C(=O)/C=C/c1ccc(S(=O)(=O)Nc2ccccc2Cl)cc1. The molecule has 5 nitrogen and oxygen atoms in total. The monoisotopic (exact) mass is 432 g/mol. The number of anilines is 1. The van der Waals surface area contributed by atoms with Crippen LogP contribution in [-0.2, 0) is 14.8 Å². The van der Waals surface area contributed by atoms with E-state index in [-0.39, 0.29) is 10.8 Å². The normalized spacial score (nSPS) is 17.4. The van der Waals surface area contributed by atoms with Crippen molar-refractivity contribution < 1.29 is 13.2 Å². The lowest BCUT2D eigenvalue weighted by molar-refractivity contribution is -0.129. The van der Waals surface area contributed by atoms with E-state index in [4.69, 9.17) is 11.6 Å². The van der Waals surface area contributed by atoms with Gasteiger partial charge in [0.2, 0.25) is 5.91 Å². The topological polar surface area (TPSA) is 66.5 Å². The van der Waals surface area contributed by atoms with Gasteiger partial charge in [-0.2, -0.15) is 0 Å². The van der Waals surface area contributed by atoms with E-state index in [1.807, 2.05) is 4.90 Å². The van der Waals surface area contributed by atoms with Gasteiger partial charge in [0.15, 0.2) is 0 Å². The van der Waals surface area contributed by atoms with Crippen molar-refractivity contribution in [2.45, 2.75) is 43.5 Å². The highest BCUT2D eigenvalue weighted by Crippen LogP contribution is 2.24. The number of likely N-dealkylation sites (tertiary alicyclic amines) is 1. The minimum Gasteiger partial charge on any atom is -0.336 e. The molecule has 1 amide bonds. The van der Waals surface area contributed by atoms with E-state index in [2.05, 4.69) is 11.6 Å². The summed E-state index contributed by atoms with van der Waals surface area (Å²) in [5, 5.41) is 0.331. The smallest absolute Gasteiger partial charge is 0.261 e. The van der Waals surface area contributed by atoms with Crippen LogP contribution in [0.3, 0.4) is 0 Å². The molecule has 0 bridgehead atoms. The number of rotatable bonds is 6. The van der Waals surface area contributed by atoms with Crippen molar-refractivity contribution in [3.63, 3.8) is 0 Å². The van der Waals surface area contributed by atoms with Crippen LogP contribution >= 0.6 is 11.6 Å². The van der Waals surface area contributed by atoms with Gasteiger partial charge in [-0.1, -0.05) is 42.8 Å². The summed E-state index contributed by atoms with van der Waals surface area (Å²) in [4.78, 5) is 14.6. The second-order valence-electron chi connectivity index (χ2n) is 7.08. The number of benzene rings is 2. The maximum Gasteiger partial charge on any atom is 0.261 e. The second-order valence-corrected chi connectivity index (χ2v) is 9.17. The Kier molecular flexibility index (Phi) is 6.98. The summed E-state index contributed by atoms with van der Waals surface area (Å²) in [6.45, 7) is 2.91. The molecule has 0 saturated carbocycles. The Bertz CT molecular complexity index is 987. The van der Waals surface area contributed by atoms with E-state index < -0.39 is 10.0 Å². The average molecular weight is 433 g/mol. The summed E-state index contributed by atoms with van der Waals surface area (Å²) in [5.41, 5.74) is 1.09. The molecule has 1 atom stereocenters. The Morgan fingerprint density at radius 3 is 2.59 bits per heavy atom. The molecule has 1 saturated heterocycles. The van der Waals surface area contributed by atoms with Gasteiger partial charge in [-0.3, -0.25) is 9.52 Å². The molecule has 29 heavy (non-hydrogen) atoms. The molecule has 0 aromatic heterocycles. The van der Waals surface area contributed by atoms with Gasteiger partial charge in [0, 0.05) is 18.7 Å². The zero-order valence-electron chi connectivity index (χ0n) is 16.3. The Morgan fingerprint density at radius 1 is 1.17 bits per heavy atom. The molecule has 1 heterocycles. The first-order chi connectivity index (χ1) is 13.9. The fourth-order valence-corrected chi connectivity index (χ4v) is 4.80. The van der Waals surface area contributed by atoms with Crippen LogP contribution in [0.5, 0.6) is 0 Å². The fraction of sp³-hybridized carbons (Fsp3) is 0.318. The van der Waals surface area contributed by atoms with Crippen LogP contribution in [0.1, 0.15) is 38.2 Å². The van der Waals surface area contributed by atoms with E-state index in [1.165, 1.54) is 18.6 Å². The number of nitrogens with one attached hydrogen (secondary N) is 1. The number of hydrogen-bond acceptors (Lipinski definition) is 3. The maximum atomic E-state index is 12.6. The zero-order valence-corrected chi connectivity index (χ0v) is 17.9. The molecule has 1 unspecified atom stereocenters. The van der Waals surface area contributed by atoms with Crippen LogP contribution in [-0.4, -0.2) is 31.8 Å². The maximum absolute atomic E-state index is 12.6.